The summed E-state index contributed by atoms with van der Waals surface area (Å²) in [5.41, 5.74) is 3.93. The predicted octanol–water partition coefficient (Wildman–Crippen LogP) is 2.76. The lowest BCUT2D eigenvalue weighted by Gasteiger charge is -2.16. The second-order valence-corrected chi connectivity index (χ2v) is 5.40. The zero-order chi connectivity index (χ0) is 15.1. The van der Waals surface area contributed by atoms with Crippen LogP contribution in [0.3, 0.4) is 0 Å². The van der Waals surface area contributed by atoms with Crippen LogP contribution in [-0.2, 0) is 0 Å². The van der Waals surface area contributed by atoms with Crippen LogP contribution in [0.15, 0.2) is 47.5 Å². The third kappa shape index (κ3) is 2.08. The number of para-hydroxylation sites is 1. The van der Waals surface area contributed by atoms with Crippen LogP contribution in [0, 0.1) is 13.8 Å². The molecular weight excluding hydrogens is 264 g/mol. The van der Waals surface area contributed by atoms with Gasteiger partial charge in [-0.15, -0.1) is 0 Å². The maximum atomic E-state index is 12.9. The van der Waals surface area contributed by atoms with Gasteiger partial charge in [-0.25, -0.2) is 0 Å². The highest BCUT2D eigenvalue weighted by molar-refractivity contribution is 5.58. The molecule has 0 aliphatic rings. The summed E-state index contributed by atoms with van der Waals surface area (Å²) in [6.07, 6.45) is 3.02. The van der Waals surface area contributed by atoms with Crippen molar-refractivity contribution >= 4 is 5.52 Å². The number of benzene rings is 1. The Morgan fingerprint density at radius 1 is 1.10 bits per heavy atom. The largest absolute Gasteiger partial charge is 0.387 e. The monoisotopic (exact) mass is 282 g/mol. The molecule has 0 aliphatic carbocycles. The lowest BCUT2D eigenvalue weighted by molar-refractivity contribution is 0.190. The highest BCUT2D eigenvalue weighted by atomic mass is 16.3. The molecule has 0 spiro atoms. The molecule has 4 nitrogen and oxygen atoms in total. The van der Waals surface area contributed by atoms with Gasteiger partial charge in [-0.3, -0.25) is 9.36 Å². The molecule has 4 heteroatoms. The van der Waals surface area contributed by atoms with Crippen molar-refractivity contribution in [3.05, 3.63) is 69.9 Å². The van der Waals surface area contributed by atoms with Crippen molar-refractivity contribution in [1.29, 1.82) is 0 Å². The van der Waals surface area contributed by atoms with Crippen molar-refractivity contribution in [3.63, 3.8) is 0 Å². The second-order valence-electron chi connectivity index (χ2n) is 5.40. The summed E-state index contributed by atoms with van der Waals surface area (Å²) in [7, 11) is 0. The molecular formula is C17H18N2O2. The molecule has 0 fully saturated rings. The van der Waals surface area contributed by atoms with Crippen molar-refractivity contribution in [1.82, 2.24) is 8.97 Å². The minimum Gasteiger partial charge on any atom is -0.387 e. The van der Waals surface area contributed by atoms with E-state index >= 15 is 0 Å². The maximum Gasteiger partial charge on any atom is 0.279 e. The predicted molar refractivity (Wildman–Crippen MR) is 83.1 cm³/mol. The Balaban J connectivity index is 2.47. The Morgan fingerprint density at radius 2 is 1.76 bits per heavy atom. The van der Waals surface area contributed by atoms with E-state index in [-0.39, 0.29) is 5.56 Å². The molecule has 1 N–H and O–H groups in total. The summed E-state index contributed by atoms with van der Waals surface area (Å²) >= 11 is 0. The Hall–Kier alpha value is -2.33. The normalized spacial score (nSPS) is 12.8. The van der Waals surface area contributed by atoms with Crippen molar-refractivity contribution in [2.45, 2.75) is 26.9 Å². The number of aliphatic hydroxyl groups excluding tert-OH is 1. The third-order valence-corrected chi connectivity index (χ3v) is 3.92. The third-order valence-electron chi connectivity index (χ3n) is 3.92. The fourth-order valence-electron chi connectivity index (χ4n) is 2.68. The van der Waals surface area contributed by atoms with E-state index in [1.807, 2.05) is 61.0 Å². The van der Waals surface area contributed by atoms with E-state index in [0.717, 1.165) is 16.8 Å². The first kappa shape index (κ1) is 13.6. The quantitative estimate of drug-likeness (QED) is 0.785. The van der Waals surface area contributed by atoms with Crippen LogP contribution in [0.2, 0.25) is 0 Å². The van der Waals surface area contributed by atoms with Gasteiger partial charge < -0.3 is 9.51 Å². The van der Waals surface area contributed by atoms with Crippen LogP contribution in [0.25, 0.3) is 11.2 Å². The molecule has 2 aromatic heterocycles. The number of aryl methyl sites for hydroxylation is 2. The molecule has 0 amide bonds. The zero-order valence-electron chi connectivity index (χ0n) is 12.4. The average molecular weight is 282 g/mol. The van der Waals surface area contributed by atoms with Gasteiger partial charge in [-0.1, -0.05) is 18.2 Å². The van der Waals surface area contributed by atoms with E-state index in [1.54, 1.807) is 11.5 Å². The maximum absolute atomic E-state index is 12.9. The Labute approximate surface area is 122 Å². The summed E-state index contributed by atoms with van der Waals surface area (Å²) in [4.78, 5) is 12.9. The van der Waals surface area contributed by atoms with Crippen LogP contribution < -0.4 is 5.56 Å². The molecule has 3 rings (SSSR count). The molecule has 108 valence electrons. The standard InChI is InChI=1S/C17H18N2O2/c1-11-9-18-10-15(13(3)20)19(14-7-5-4-6-8-14)17(21)16(18)12(11)2/h4-10,13,20H,1-3H3. The summed E-state index contributed by atoms with van der Waals surface area (Å²) in [6.45, 7) is 5.60. The molecule has 0 saturated carbocycles. The van der Waals surface area contributed by atoms with Crippen molar-refractivity contribution < 1.29 is 5.11 Å². The van der Waals surface area contributed by atoms with Crippen molar-refractivity contribution in [2.24, 2.45) is 0 Å². The van der Waals surface area contributed by atoms with Crippen molar-refractivity contribution in [3.8, 4) is 5.69 Å². The van der Waals surface area contributed by atoms with Gasteiger partial charge >= 0.3 is 0 Å². The molecule has 1 atom stereocenters. The molecule has 1 unspecified atom stereocenters. The smallest absolute Gasteiger partial charge is 0.279 e. The van der Waals surface area contributed by atoms with Gasteiger partial charge in [0.15, 0.2) is 0 Å². The van der Waals surface area contributed by atoms with Crippen LogP contribution in [0.5, 0.6) is 0 Å². The minimum atomic E-state index is -0.731. The fourth-order valence-corrected chi connectivity index (χ4v) is 2.68. The Morgan fingerprint density at radius 3 is 2.38 bits per heavy atom. The van der Waals surface area contributed by atoms with Crippen molar-refractivity contribution in [2.75, 3.05) is 0 Å². The number of aliphatic hydroxyl groups is 1. The van der Waals surface area contributed by atoms with Crippen LogP contribution >= 0.6 is 0 Å². The SMILES string of the molecule is Cc1cn2cc(C(C)O)n(-c3ccccc3)c(=O)c2c1C. The zero-order valence-corrected chi connectivity index (χ0v) is 12.4. The lowest BCUT2D eigenvalue weighted by Crippen LogP contribution is -2.25. The summed E-state index contributed by atoms with van der Waals surface area (Å²) in [5, 5.41) is 10.1. The van der Waals surface area contributed by atoms with E-state index in [0.29, 0.717) is 11.2 Å². The molecule has 0 aliphatic heterocycles. The fraction of sp³-hybridized carbons (Fsp3) is 0.235. The number of nitrogens with zero attached hydrogens (tertiary/aromatic N) is 2. The lowest BCUT2D eigenvalue weighted by atomic mass is 10.2. The summed E-state index contributed by atoms with van der Waals surface area (Å²) < 4.78 is 3.40. The average Bonchev–Trinajstić information content (AvgIpc) is 2.75. The van der Waals surface area contributed by atoms with Gasteiger partial charge in [-0.2, -0.15) is 0 Å². The molecule has 0 radical (unpaired) electrons. The van der Waals surface area contributed by atoms with Gasteiger partial charge in [-0.05, 0) is 44.0 Å². The number of hydrogen-bond acceptors (Lipinski definition) is 2. The van der Waals surface area contributed by atoms with Gasteiger partial charge in [0.25, 0.3) is 5.56 Å². The molecule has 21 heavy (non-hydrogen) atoms. The molecule has 0 saturated heterocycles. The molecule has 3 aromatic rings. The number of rotatable bonds is 2. The summed E-state index contributed by atoms with van der Waals surface area (Å²) in [5.74, 6) is 0. The summed E-state index contributed by atoms with van der Waals surface area (Å²) in [6, 6.07) is 9.41. The first-order chi connectivity index (χ1) is 10.0. The van der Waals surface area contributed by atoms with Gasteiger partial charge in [0.2, 0.25) is 0 Å². The highest BCUT2D eigenvalue weighted by Gasteiger charge is 2.17. The van der Waals surface area contributed by atoms with Gasteiger partial charge in [0, 0.05) is 18.1 Å². The van der Waals surface area contributed by atoms with Crippen LogP contribution in [0.1, 0.15) is 29.8 Å². The Bertz CT molecular complexity index is 858. The van der Waals surface area contributed by atoms with Crippen LogP contribution in [0.4, 0.5) is 0 Å². The number of hydrogen-bond donors (Lipinski definition) is 1. The Kier molecular flexibility index (Phi) is 3.18. The first-order valence-electron chi connectivity index (χ1n) is 6.98. The second kappa shape index (κ2) is 4.90. The molecule has 0 bridgehead atoms. The molecule has 1 aromatic carbocycles. The van der Waals surface area contributed by atoms with Gasteiger partial charge in [0.05, 0.1) is 11.8 Å². The number of fused-ring (bicyclic) bond motifs is 1. The first-order valence-corrected chi connectivity index (χ1v) is 6.98. The van der Waals surface area contributed by atoms with E-state index in [1.165, 1.54) is 0 Å². The van der Waals surface area contributed by atoms with E-state index in [4.69, 9.17) is 0 Å². The van der Waals surface area contributed by atoms with Gasteiger partial charge in [0.1, 0.15) is 5.52 Å². The van der Waals surface area contributed by atoms with E-state index in [9.17, 15) is 9.90 Å². The minimum absolute atomic E-state index is 0.106. The topological polar surface area (TPSA) is 46.6 Å². The van der Waals surface area contributed by atoms with Crippen LogP contribution in [-0.4, -0.2) is 14.1 Å². The van der Waals surface area contributed by atoms with E-state index in [2.05, 4.69) is 0 Å². The highest BCUT2D eigenvalue weighted by Crippen LogP contribution is 2.20. The molecule has 2 heterocycles. The number of aromatic nitrogens is 2. The van der Waals surface area contributed by atoms with E-state index < -0.39 is 6.10 Å².